The van der Waals surface area contributed by atoms with E-state index in [9.17, 15) is 4.79 Å². The van der Waals surface area contributed by atoms with Gasteiger partial charge in [0.05, 0.1) is 13.2 Å². The van der Waals surface area contributed by atoms with Gasteiger partial charge < -0.3 is 9.47 Å². The molecule has 0 aromatic carbocycles. The zero-order chi connectivity index (χ0) is 21.4. The van der Waals surface area contributed by atoms with E-state index >= 15 is 0 Å². The summed E-state index contributed by atoms with van der Waals surface area (Å²) >= 11 is 0. The molecular weight excluding hydrogens is 360 g/mol. The van der Waals surface area contributed by atoms with E-state index in [1.807, 2.05) is 0 Å². The molecular formula is C26H50O3. The van der Waals surface area contributed by atoms with Gasteiger partial charge in [0, 0.05) is 0 Å². The van der Waals surface area contributed by atoms with Crippen molar-refractivity contribution in [1.82, 2.24) is 0 Å². The lowest BCUT2D eigenvalue weighted by molar-refractivity contribution is 0.0512. The number of rotatable bonds is 21. The standard InChI is InChI=1S/C26H50O3/c1-4-5-6-7-8-9-10-11-12-13-14-15-16-17-18-19-20-21-23-28-26(27)29-24-22-25(2)3/h13-14,25H,4-12,15-24H2,1-3H3/b14-13-. The molecule has 29 heavy (non-hydrogen) atoms. The van der Waals surface area contributed by atoms with Gasteiger partial charge in [-0.2, -0.15) is 0 Å². The maximum absolute atomic E-state index is 11.4. The summed E-state index contributed by atoms with van der Waals surface area (Å²) in [6.45, 7) is 7.46. The monoisotopic (exact) mass is 410 g/mol. The van der Waals surface area contributed by atoms with Crippen molar-refractivity contribution in [2.75, 3.05) is 13.2 Å². The highest BCUT2D eigenvalue weighted by Crippen LogP contribution is 2.11. The van der Waals surface area contributed by atoms with Crippen LogP contribution in [0.2, 0.25) is 0 Å². The molecule has 0 aliphatic carbocycles. The predicted molar refractivity (Wildman–Crippen MR) is 125 cm³/mol. The predicted octanol–water partition coefficient (Wildman–Crippen LogP) is 9.00. The van der Waals surface area contributed by atoms with Gasteiger partial charge >= 0.3 is 6.16 Å². The van der Waals surface area contributed by atoms with Crippen LogP contribution in [0.1, 0.15) is 130 Å². The molecule has 0 radical (unpaired) electrons. The molecule has 0 aliphatic heterocycles. The quantitative estimate of drug-likeness (QED) is 0.108. The van der Waals surface area contributed by atoms with Crippen LogP contribution in [0.3, 0.4) is 0 Å². The smallest absolute Gasteiger partial charge is 0.434 e. The van der Waals surface area contributed by atoms with Crippen LogP contribution in [0.4, 0.5) is 4.79 Å². The van der Waals surface area contributed by atoms with E-state index in [2.05, 4.69) is 32.9 Å². The number of carbonyl (C=O) groups excluding carboxylic acids is 1. The lowest BCUT2D eigenvalue weighted by Crippen LogP contribution is -2.10. The van der Waals surface area contributed by atoms with Crippen molar-refractivity contribution in [3.8, 4) is 0 Å². The molecule has 0 bridgehead atoms. The summed E-state index contributed by atoms with van der Waals surface area (Å²) < 4.78 is 10.1. The van der Waals surface area contributed by atoms with Crippen molar-refractivity contribution < 1.29 is 14.3 Å². The van der Waals surface area contributed by atoms with Crippen LogP contribution in [-0.2, 0) is 9.47 Å². The Labute approximate surface area is 182 Å². The maximum atomic E-state index is 11.4. The molecule has 0 aliphatic rings. The Morgan fingerprint density at radius 3 is 1.62 bits per heavy atom. The minimum atomic E-state index is -0.510. The molecule has 0 unspecified atom stereocenters. The summed E-state index contributed by atoms with van der Waals surface area (Å²) in [7, 11) is 0. The average Bonchev–Trinajstić information content (AvgIpc) is 2.69. The summed E-state index contributed by atoms with van der Waals surface area (Å²) in [5.74, 6) is 0.549. The highest BCUT2D eigenvalue weighted by Gasteiger charge is 2.04. The third-order valence-corrected chi connectivity index (χ3v) is 5.29. The summed E-state index contributed by atoms with van der Waals surface area (Å²) in [6, 6.07) is 0. The van der Waals surface area contributed by atoms with E-state index < -0.39 is 6.16 Å². The number of hydrogen-bond donors (Lipinski definition) is 0. The molecule has 0 amide bonds. The topological polar surface area (TPSA) is 35.5 Å². The van der Waals surface area contributed by atoms with Gasteiger partial charge in [0.2, 0.25) is 0 Å². The minimum Gasteiger partial charge on any atom is -0.434 e. The van der Waals surface area contributed by atoms with E-state index in [1.54, 1.807) is 0 Å². The van der Waals surface area contributed by atoms with E-state index in [0.29, 0.717) is 19.1 Å². The maximum Gasteiger partial charge on any atom is 0.508 e. The molecule has 0 rings (SSSR count). The number of ether oxygens (including phenoxy) is 2. The average molecular weight is 411 g/mol. The first kappa shape index (κ1) is 28.0. The van der Waals surface area contributed by atoms with Crippen LogP contribution >= 0.6 is 0 Å². The fourth-order valence-corrected chi connectivity index (χ4v) is 3.28. The van der Waals surface area contributed by atoms with Crippen LogP contribution < -0.4 is 0 Å². The second-order valence-electron chi connectivity index (χ2n) is 8.77. The lowest BCUT2D eigenvalue weighted by atomic mass is 10.1. The van der Waals surface area contributed by atoms with Crippen LogP contribution in [0.5, 0.6) is 0 Å². The first-order chi connectivity index (χ1) is 14.2. The fourth-order valence-electron chi connectivity index (χ4n) is 3.28. The van der Waals surface area contributed by atoms with Crippen LogP contribution in [0.25, 0.3) is 0 Å². The Morgan fingerprint density at radius 1 is 0.655 bits per heavy atom. The number of hydrogen-bond acceptors (Lipinski definition) is 3. The molecule has 172 valence electrons. The Hall–Kier alpha value is -0.990. The van der Waals surface area contributed by atoms with Gasteiger partial charge in [0.25, 0.3) is 0 Å². The van der Waals surface area contributed by atoms with Gasteiger partial charge in [-0.05, 0) is 44.4 Å². The normalized spacial score (nSPS) is 11.4. The molecule has 0 N–H and O–H groups in total. The zero-order valence-electron chi connectivity index (χ0n) is 19.9. The number of carbonyl (C=O) groups is 1. The first-order valence-corrected chi connectivity index (χ1v) is 12.6. The van der Waals surface area contributed by atoms with Gasteiger partial charge in [-0.25, -0.2) is 4.79 Å². The van der Waals surface area contributed by atoms with Crippen LogP contribution in [-0.4, -0.2) is 19.4 Å². The SMILES string of the molecule is CCCCCCCCCC/C=C\CCCCCCCCOC(=O)OCCC(C)C. The van der Waals surface area contributed by atoms with Crippen LogP contribution in [0.15, 0.2) is 12.2 Å². The van der Waals surface area contributed by atoms with E-state index in [0.717, 1.165) is 19.3 Å². The fraction of sp³-hybridized carbons (Fsp3) is 0.885. The summed E-state index contributed by atoms with van der Waals surface area (Å²) in [4.78, 5) is 11.4. The molecule has 0 spiro atoms. The van der Waals surface area contributed by atoms with E-state index in [4.69, 9.17) is 9.47 Å². The number of allylic oxidation sites excluding steroid dienone is 2. The largest absolute Gasteiger partial charge is 0.508 e. The number of unbranched alkanes of at least 4 members (excludes halogenated alkanes) is 14. The molecule has 0 atom stereocenters. The van der Waals surface area contributed by atoms with E-state index in [-0.39, 0.29) is 0 Å². The Balaban J connectivity index is 3.17. The second kappa shape index (κ2) is 23.3. The van der Waals surface area contributed by atoms with Crippen molar-refractivity contribution in [2.45, 2.75) is 130 Å². The van der Waals surface area contributed by atoms with Crippen molar-refractivity contribution in [3.05, 3.63) is 12.2 Å². The molecule has 0 aromatic heterocycles. The summed E-state index contributed by atoms with van der Waals surface area (Å²) in [6.07, 6.45) is 26.0. The van der Waals surface area contributed by atoms with Gasteiger partial charge in [0.15, 0.2) is 0 Å². The third-order valence-electron chi connectivity index (χ3n) is 5.29. The zero-order valence-corrected chi connectivity index (χ0v) is 19.9. The van der Waals surface area contributed by atoms with Gasteiger partial charge in [-0.1, -0.05) is 104 Å². The van der Waals surface area contributed by atoms with Crippen molar-refractivity contribution in [1.29, 1.82) is 0 Å². The summed E-state index contributed by atoms with van der Waals surface area (Å²) in [5, 5.41) is 0. The second-order valence-corrected chi connectivity index (χ2v) is 8.77. The Morgan fingerprint density at radius 2 is 1.10 bits per heavy atom. The third kappa shape index (κ3) is 25.0. The highest BCUT2D eigenvalue weighted by atomic mass is 16.7. The van der Waals surface area contributed by atoms with E-state index in [1.165, 1.54) is 89.9 Å². The summed E-state index contributed by atoms with van der Waals surface area (Å²) in [5.41, 5.74) is 0. The first-order valence-electron chi connectivity index (χ1n) is 12.6. The van der Waals surface area contributed by atoms with Gasteiger partial charge in [-0.15, -0.1) is 0 Å². The molecule has 3 heteroatoms. The molecule has 3 nitrogen and oxygen atoms in total. The van der Waals surface area contributed by atoms with Gasteiger partial charge in [-0.3, -0.25) is 0 Å². The molecule has 0 heterocycles. The lowest BCUT2D eigenvalue weighted by Gasteiger charge is -2.07. The molecule has 0 saturated carbocycles. The minimum absolute atomic E-state index is 0.462. The highest BCUT2D eigenvalue weighted by molar-refractivity contribution is 5.59. The van der Waals surface area contributed by atoms with Crippen molar-refractivity contribution in [3.63, 3.8) is 0 Å². The van der Waals surface area contributed by atoms with Gasteiger partial charge in [0.1, 0.15) is 0 Å². The Bertz CT molecular complexity index is 363. The van der Waals surface area contributed by atoms with Crippen molar-refractivity contribution in [2.24, 2.45) is 5.92 Å². The van der Waals surface area contributed by atoms with Crippen LogP contribution in [0, 0.1) is 5.92 Å². The van der Waals surface area contributed by atoms with Crippen molar-refractivity contribution >= 4 is 6.16 Å². The molecule has 0 saturated heterocycles. The molecule has 0 fully saturated rings. The molecule has 0 aromatic rings. The Kier molecular flexibility index (Phi) is 22.5.